The van der Waals surface area contributed by atoms with Crippen LogP contribution in [0.4, 0.5) is 17.1 Å². The zero-order valence-corrected chi connectivity index (χ0v) is 19.8. The van der Waals surface area contributed by atoms with Crippen molar-refractivity contribution < 1.29 is 14.5 Å². The van der Waals surface area contributed by atoms with E-state index in [-0.39, 0.29) is 34.5 Å². The summed E-state index contributed by atoms with van der Waals surface area (Å²) in [4.78, 5) is 28.7. The van der Waals surface area contributed by atoms with Crippen LogP contribution in [0.15, 0.2) is 36.4 Å². The molecule has 0 saturated carbocycles. The first kappa shape index (κ1) is 23.2. The SMILES string of the molecule is CC[C@H](C)NC(=O)[C@H]1Cc2cc([N+](=O)[O-])ccc2N2CCN(c3cc(Cl)ccc3OC)C[C@@H]12. The molecule has 3 atom stereocenters. The van der Waals surface area contributed by atoms with Gasteiger partial charge in [-0.25, -0.2) is 0 Å². The van der Waals surface area contributed by atoms with E-state index in [1.807, 2.05) is 32.0 Å². The Morgan fingerprint density at radius 3 is 2.76 bits per heavy atom. The highest BCUT2D eigenvalue weighted by atomic mass is 35.5. The van der Waals surface area contributed by atoms with E-state index in [0.717, 1.165) is 29.1 Å². The van der Waals surface area contributed by atoms with Gasteiger partial charge < -0.3 is 19.9 Å². The van der Waals surface area contributed by atoms with Crippen LogP contribution in [0.2, 0.25) is 5.02 Å². The van der Waals surface area contributed by atoms with Crippen molar-refractivity contribution in [3.63, 3.8) is 0 Å². The van der Waals surface area contributed by atoms with E-state index in [1.165, 1.54) is 0 Å². The fourth-order valence-electron chi connectivity index (χ4n) is 4.80. The summed E-state index contributed by atoms with van der Waals surface area (Å²) in [5.74, 6) is 0.387. The maximum atomic E-state index is 13.3. The Morgan fingerprint density at radius 1 is 1.27 bits per heavy atom. The number of halogens is 1. The second-order valence-electron chi connectivity index (χ2n) is 8.72. The van der Waals surface area contributed by atoms with Crippen LogP contribution in [0.1, 0.15) is 25.8 Å². The maximum Gasteiger partial charge on any atom is 0.269 e. The van der Waals surface area contributed by atoms with E-state index in [0.29, 0.717) is 31.1 Å². The second-order valence-corrected chi connectivity index (χ2v) is 9.16. The molecule has 0 radical (unpaired) electrons. The van der Waals surface area contributed by atoms with Crippen LogP contribution < -0.4 is 19.9 Å². The largest absolute Gasteiger partial charge is 0.495 e. The summed E-state index contributed by atoms with van der Waals surface area (Å²) in [5, 5.41) is 15.1. The molecule has 176 valence electrons. The van der Waals surface area contributed by atoms with Crippen molar-refractivity contribution >= 4 is 34.6 Å². The number of nitro benzene ring substituents is 1. The Balaban J connectivity index is 1.70. The minimum absolute atomic E-state index is 0.0172. The number of nitro groups is 1. The van der Waals surface area contributed by atoms with Crippen molar-refractivity contribution in [1.82, 2.24) is 5.32 Å². The lowest BCUT2D eigenvalue weighted by molar-refractivity contribution is -0.384. The molecule has 2 aliphatic rings. The summed E-state index contributed by atoms with van der Waals surface area (Å²) >= 11 is 6.28. The summed E-state index contributed by atoms with van der Waals surface area (Å²) in [6, 6.07) is 10.5. The molecular weight excluding hydrogens is 444 g/mol. The van der Waals surface area contributed by atoms with Gasteiger partial charge in [-0.15, -0.1) is 0 Å². The van der Waals surface area contributed by atoms with Crippen molar-refractivity contribution in [2.45, 2.75) is 38.8 Å². The predicted molar refractivity (Wildman–Crippen MR) is 130 cm³/mol. The quantitative estimate of drug-likeness (QED) is 0.504. The third kappa shape index (κ3) is 4.57. The number of fused-ring (bicyclic) bond motifs is 3. The van der Waals surface area contributed by atoms with Crippen LogP contribution in [0.5, 0.6) is 5.75 Å². The molecule has 2 aliphatic heterocycles. The van der Waals surface area contributed by atoms with Gasteiger partial charge in [0.1, 0.15) is 5.75 Å². The van der Waals surface area contributed by atoms with Gasteiger partial charge >= 0.3 is 0 Å². The molecule has 2 heterocycles. The minimum atomic E-state index is -0.385. The molecule has 0 bridgehead atoms. The molecule has 4 rings (SSSR count). The average molecular weight is 473 g/mol. The lowest BCUT2D eigenvalue weighted by Crippen LogP contribution is -2.61. The van der Waals surface area contributed by atoms with E-state index in [2.05, 4.69) is 15.1 Å². The molecule has 9 heteroatoms. The number of carbonyl (C=O) groups excluding carboxylic acids is 1. The summed E-state index contributed by atoms with van der Waals surface area (Å²) in [6.45, 7) is 6.03. The molecule has 1 N–H and O–H groups in total. The number of carbonyl (C=O) groups is 1. The Kier molecular flexibility index (Phi) is 6.65. The average Bonchev–Trinajstić information content (AvgIpc) is 2.82. The molecule has 0 unspecified atom stereocenters. The predicted octanol–water partition coefficient (Wildman–Crippen LogP) is 4.04. The van der Waals surface area contributed by atoms with Crippen molar-refractivity contribution in [2.24, 2.45) is 5.92 Å². The molecule has 2 aromatic carbocycles. The lowest BCUT2D eigenvalue weighted by atomic mass is 9.83. The number of methoxy groups -OCH3 is 1. The number of non-ortho nitro benzene ring substituents is 1. The van der Waals surface area contributed by atoms with Gasteiger partial charge in [0.05, 0.1) is 29.7 Å². The number of nitrogens with zero attached hydrogens (tertiary/aromatic N) is 3. The highest BCUT2D eigenvalue weighted by molar-refractivity contribution is 6.31. The number of hydrogen-bond donors (Lipinski definition) is 1. The van der Waals surface area contributed by atoms with Gasteiger partial charge in [-0.1, -0.05) is 18.5 Å². The Hall–Kier alpha value is -3.00. The van der Waals surface area contributed by atoms with Crippen molar-refractivity contribution in [3.8, 4) is 5.75 Å². The number of benzene rings is 2. The van der Waals surface area contributed by atoms with Crippen molar-refractivity contribution in [1.29, 1.82) is 0 Å². The molecular formula is C24H29ClN4O4. The van der Waals surface area contributed by atoms with Gasteiger partial charge in [-0.2, -0.15) is 0 Å². The van der Waals surface area contributed by atoms with Crippen LogP contribution in [-0.2, 0) is 11.2 Å². The van der Waals surface area contributed by atoms with E-state index in [4.69, 9.17) is 16.3 Å². The number of hydrogen-bond acceptors (Lipinski definition) is 6. The van der Waals surface area contributed by atoms with Gasteiger partial charge in [-0.05, 0) is 49.6 Å². The highest BCUT2D eigenvalue weighted by Gasteiger charge is 2.42. The molecule has 0 spiro atoms. The Bertz CT molecular complexity index is 1060. The van der Waals surface area contributed by atoms with Crippen LogP contribution in [0.25, 0.3) is 0 Å². The molecule has 33 heavy (non-hydrogen) atoms. The number of anilines is 2. The molecule has 1 fully saturated rings. The van der Waals surface area contributed by atoms with Crippen LogP contribution in [0, 0.1) is 16.0 Å². The van der Waals surface area contributed by atoms with Crippen molar-refractivity contribution in [2.75, 3.05) is 36.5 Å². The van der Waals surface area contributed by atoms with Gasteiger partial charge in [0.15, 0.2) is 0 Å². The Labute approximate surface area is 198 Å². The zero-order chi connectivity index (χ0) is 23.7. The third-order valence-electron chi connectivity index (χ3n) is 6.73. The van der Waals surface area contributed by atoms with Gasteiger partial charge in [0.25, 0.3) is 5.69 Å². The highest BCUT2D eigenvalue weighted by Crippen LogP contribution is 2.40. The molecule has 8 nitrogen and oxygen atoms in total. The lowest BCUT2D eigenvalue weighted by Gasteiger charge is -2.49. The fraction of sp³-hybridized carbons (Fsp3) is 0.458. The summed E-state index contributed by atoms with van der Waals surface area (Å²) in [5.41, 5.74) is 2.77. The second kappa shape index (κ2) is 9.47. The molecule has 1 saturated heterocycles. The van der Waals surface area contributed by atoms with Crippen LogP contribution >= 0.6 is 11.6 Å². The number of amides is 1. The number of rotatable bonds is 6. The monoisotopic (exact) mass is 472 g/mol. The van der Waals surface area contributed by atoms with Crippen molar-refractivity contribution in [3.05, 3.63) is 57.1 Å². The number of ether oxygens (including phenoxy) is 1. The normalized spacial score (nSPS) is 20.5. The first-order valence-corrected chi connectivity index (χ1v) is 11.6. The van der Waals surface area contributed by atoms with E-state index in [1.54, 1.807) is 25.3 Å². The van der Waals surface area contributed by atoms with Crippen LogP contribution in [-0.4, -0.2) is 49.7 Å². The number of nitrogens with one attached hydrogen (secondary N) is 1. The molecule has 0 aliphatic carbocycles. The molecule has 1 amide bonds. The maximum absolute atomic E-state index is 13.3. The van der Waals surface area contributed by atoms with Gasteiger partial charge in [0.2, 0.25) is 5.91 Å². The summed E-state index contributed by atoms with van der Waals surface area (Å²) in [7, 11) is 1.63. The third-order valence-corrected chi connectivity index (χ3v) is 6.96. The first-order valence-electron chi connectivity index (χ1n) is 11.2. The molecule has 2 aromatic rings. The topological polar surface area (TPSA) is 87.9 Å². The number of piperazine rings is 1. The smallest absolute Gasteiger partial charge is 0.269 e. The summed E-state index contributed by atoms with van der Waals surface area (Å²) < 4.78 is 5.57. The zero-order valence-electron chi connectivity index (χ0n) is 19.1. The Morgan fingerprint density at radius 2 is 2.06 bits per heavy atom. The fourth-order valence-corrected chi connectivity index (χ4v) is 4.97. The van der Waals surface area contributed by atoms with E-state index < -0.39 is 0 Å². The molecule has 0 aromatic heterocycles. The van der Waals surface area contributed by atoms with Gasteiger partial charge in [0, 0.05) is 48.5 Å². The van der Waals surface area contributed by atoms with E-state index >= 15 is 0 Å². The first-order chi connectivity index (χ1) is 15.8. The van der Waals surface area contributed by atoms with Gasteiger partial charge in [-0.3, -0.25) is 14.9 Å². The van der Waals surface area contributed by atoms with E-state index in [9.17, 15) is 14.9 Å². The minimum Gasteiger partial charge on any atom is -0.495 e. The summed E-state index contributed by atoms with van der Waals surface area (Å²) in [6.07, 6.45) is 1.29. The standard InChI is InChI=1S/C24H29ClN4O4/c1-4-15(2)26-24(30)19-12-16-11-18(29(31)32)6-7-20(16)28-10-9-27(14-22(19)28)21-13-17(25)5-8-23(21)33-3/h5-8,11,13,15,19,22H,4,9-10,12,14H2,1-3H3,(H,26,30)/t15-,19-,22-/m0/s1. The van der Waals surface area contributed by atoms with Crippen LogP contribution in [0.3, 0.4) is 0 Å².